The molecular weight excluding hydrogens is 270 g/mol. The SMILES string of the molecule is CC(C#N)CNC(=O)c1ccc(Br)cc1N. The number of hydrogen-bond acceptors (Lipinski definition) is 3. The molecule has 0 radical (unpaired) electrons. The number of benzene rings is 1. The van der Waals surface area contributed by atoms with Gasteiger partial charge >= 0.3 is 0 Å². The van der Waals surface area contributed by atoms with Crippen LogP contribution in [0.2, 0.25) is 0 Å². The number of amides is 1. The first-order valence-corrected chi connectivity index (χ1v) is 5.56. The fourth-order valence-electron chi connectivity index (χ4n) is 1.13. The van der Waals surface area contributed by atoms with Crippen molar-refractivity contribution in [2.45, 2.75) is 6.92 Å². The highest BCUT2D eigenvalue weighted by Gasteiger charge is 2.10. The van der Waals surface area contributed by atoms with E-state index in [9.17, 15) is 4.79 Å². The lowest BCUT2D eigenvalue weighted by atomic mass is 10.1. The maximum atomic E-state index is 11.7. The molecule has 5 heteroatoms. The largest absolute Gasteiger partial charge is 0.398 e. The number of rotatable bonds is 3. The molecule has 0 saturated carbocycles. The Labute approximate surface area is 103 Å². The van der Waals surface area contributed by atoms with Gasteiger partial charge in [0, 0.05) is 16.7 Å². The van der Waals surface area contributed by atoms with E-state index in [1.54, 1.807) is 25.1 Å². The van der Waals surface area contributed by atoms with Crippen molar-refractivity contribution < 1.29 is 4.79 Å². The summed E-state index contributed by atoms with van der Waals surface area (Å²) in [6.45, 7) is 2.07. The van der Waals surface area contributed by atoms with Crippen LogP contribution in [-0.4, -0.2) is 12.5 Å². The molecule has 1 amide bonds. The Morgan fingerprint density at radius 3 is 2.94 bits per heavy atom. The van der Waals surface area contributed by atoms with Gasteiger partial charge in [-0.05, 0) is 25.1 Å². The third-order valence-electron chi connectivity index (χ3n) is 2.05. The van der Waals surface area contributed by atoms with E-state index in [1.165, 1.54) is 0 Å². The van der Waals surface area contributed by atoms with Crippen molar-refractivity contribution in [1.29, 1.82) is 5.26 Å². The van der Waals surface area contributed by atoms with Gasteiger partial charge in [-0.1, -0.05) is 15.9 Å². The van der Waals surface area contributed by atoms with Crippen LogP contribution in [0.1, 0.15) is 17.3 Å². The Hall–Kier alpha value is -1.54. The van der Waals surface area contributed by atoms with Crippen molar-refractivity contribution in [1.82, 2.24) is 5.32 Å². The third-order valence-corrected chi connectivity index (χ3v) is 2.54. The van der Waals surface area contributed by atoms with Crippen LogP contribution in [0, 0.1) is 17.2 Å². The molecule has 0 aromatic heterocycles. The lowest BCUT2D eigenvalue weighted by molar-refractivity contribution is 0.0951. The lowest BCUT2D eigenvalue weighted by Crippen LogP contribution is -2.28. The molecule has 0 spiro atoms. The van der Waals surface area contributed by atoms with Crippen LogP contribution in [-0.2, 0) is 0 Å². The molecule has 0 heterocycles. The first-order valence-electron chi connectivity index (χ1n) is 4.77. The molecule has 16 heavy (non-hydrogen) atoms. The fourth-order valence-corrected chi connectivity index (χ4v) is 1.51. The minimum atomic E-state index is -0.257. The van der Waals surface area contributed by atoms with Crippen molar-refractivity contribution in [2.24, 2.45) is 5.92 Å². The molecule has 1 aromatic rings. The van der Waals surface area contributed by atoms with Crippen molar-refractivity contribution >= 4 is 27.5 Å². The Bertz CT molecular complexity index is 439. The molecule has 1 unspecified atom stereocenters. The van der Waals surface area contributed by atoms with E-state index >= 15 is 0 Å². The number of hydrogen-bond donors (Lipinski definition) is 2. The van der Waals surface area contributed by atoms with Gasteiger partial charge in [0.05, 0.1) is 17.6 Å². The van der Waals surface area contributed by atoms with Gasteiger partial charge in [-0.3, -0.25) is 4.79 Å². The summed E-state index contributed by atoms with van der Waals surface area (Å²) in [7, 11) is 0. The van der Waals surface area contributed by atoms with Crippen LogP contribution >= 0.6 is 15.9 Å². The Morgan fingerprint density at radius 2 is 2.38 bits per heavy atom. The Morgan fingerprint density at radius 1 is 1.69 bits per heavy atom. The van der Waals surface area contributed by atoms with Crippen LogP contribution in [0.4, 0.5) is 5.69 Å². The number of nitrogens with one attached hydrogen (secondary N) is 1. The van der Waals surface area contributed by atoms with Gasteiger partial charge in [-0.15, -0.1) is 0 Å². The van der Waals surface area contributed by atoms with E-state index in [2.05, 4.69) is 21.2 Å². The number of nitriles is 1. The van der Waals surface area contributed by atoms with E-state index < -0.39 is 0 Å². The molecule has 0 saturated heterocycles. The topological polar surface area (TPSA) is 78.9 Å². The molecule has 1 atom stereocenters. The second-order valence-corrected chi connectivity index (χ2v) is 4.39. The summed E-state index contributed by atoms with van der Waals surface area (Å²) in [6, 6.07) is 7.10. The summed E-state index contributed by atoms with van der Waals surface area (Å²) in [5.41, 5.74) is 6.54. The third kappa shape index (κ3) is 3.24. The van der Waals surface area contributed by atoms with E-state index in [4.69, 9.17) is 11.0 Å². The summed E-state index contributed by atoms with van der Waals surface area (Å²) in [6.07, 6.45) is 0. The Kier molecular flexibility index (Phi) is 4.32. The predicted molar refractivity (Wildman–Crippen MR) is 65.7 cm³/mol. The molecule has 0 fully saturated rings. The smallest absolute Gasteiger partial charge is 0.253 e. The Balaban J connectivity index is 2.71. The average molecular weight is 282 g/mol. The van der Waals surface area contributed by atoms with Crippen LogP contribution in [0.25, 0.3) is 0 Å². The molecule has 1 aromatic carbocycles. The van der Waals surface area contributed by atoms with Crippen LogP contribution in [0.5, 0.6) is 0 Å². The van der Waals surface area contributed by atoms with E-state index in [0.29, 0.717) is 17.8 Å². The van der Waals surface area contributed by atoms with Gasteiger partial charge in [0.15, 0.2) is 0 Å². The zero-order chi connectivity index (χ0) is 12.1. The summed E-state index contributed by atoms with van der Waals surface area (Å²) in [4.78, 5) is 11.7. The molecule has 0 aliphatic carbocycles. The monoisotopic (exact) mass is 281 g/mol. The minimum absolute atomic E-state index is 0.208. The molecule has 0 bridgehead atoms. The summed E-state index contributed by atoms with van der Waals surface area (Å²) < 4.78 is 0.826. The molecule has 0 aliphatic rings. The molecule has 4 nitrogen and oxygen atoms in total. The van der Waals surface area contributed by atoms with Crippen molar-refractivity contribution in [3.05, 3.63) is 28.2 Å². The number of anilines is 1. The first kappa shape index (κ1) is 12.5. The molecule has 1 rings (SSSR count). The number of nitrogens with zero attached hydrogens (tertiary/aromatic N) is 1. The van der Waals surface area contributed by atoms with Gasteiger partial charge in [-0.25, -0.2) is 0 Å². The highest BCUT2D eigenvalue weighted by Crippen LogP contribution is 2.18. The lowest BCUT2D eigenvalue weighted by Gasteiger charge is -2.08. The van der Waals surface area contributed by atoms with Crippen molar-refractivity contribution in [3.8, 4) is 6.07 Å². The number of carbonyl (C=O) groups excluding carboxylic acids is 1. The molecule has 84 valence electrons. The number of halogens is 1. The molecule has 0 aliphatic heterocycles. The minimum Gasteiger partial charge on any atom is -0.398 e. The van der Waals surface area contributed by atoms with Crippen LogP contribution in [0.3, 0.4) is 0 Å². The van der Waals surface area contributed by atoms with Gasteiger partial charge in [0.2, 0.25) is 0 Å². The quantitative estimate of drug-likeness (QED) is 0.831. The van der Waals surface area contributed by atoms with Crippen LogP contribution < -0.4 is 11.1 Å². The second kappa shape index (κ2) is 5.52. The van der Waals surface area contributed by atoms with Gasteiger partial charge in [0.1, 0.15) is 0 Å². The average Bonchev–Trinajstić information content (AvgIpc) is 2.25. The van der Waals surface area contributed by atoms with Crippen molar-refractivity contribution in [3.63, 3.8) is 0 Å². The molecular formula is C11H12BrN3O. The normalized spacial score (nSPS) is 11.6. The van der Waals surface area contributed by atoms with E-state index in [-0.39, 0.29) is 11.8 Å². The van der Waals surface area contributed by atoms with Crippen molar-refractivity contribution in [2.75, 3.05) is 12.3 Å². The number of nitrogen functional groups attached to an aromatic ring is 1. The summed E-state index contributed by atoms with van der Waals surface area (Å²) in [5, 5.41) is 11.2. The van der Waals surface area contributed by atoms with Gasteiger partial charge < -0.3 is 11.1 Å². The highest BCUT2D eigenvalue weighted by atomic mass is 79.9. The number of nitrogens with two attached hydrogens (primary N) is 1. The highest BCUT2D eigenvalue weighted by molar-refractivity contribution is 9.10. The fraction of sp³-hybridized carbons (Fsp3) is 0.273. The maximum absolute atomic E-state index is 11.7. The zero-order valence-corrected chi connectivity index (χ0v) is 10.4. The van der Waals surface area contributed by atoms with Gasteiger partial charge in [0.25, 0.3) is 5.91 Å². The maximum Gasteiger partial charge on any atom is 0.253 e. The van der Waals surface area contributed by atoms with Gasteiger partial charge in [-0.2, -0.15) is 5.26 Å². The second-order valence-electron chi connectivity index (χ2n) is 3.47. The molecule has 3 N–H and O–H groups in total. The van der Waals surface area contributed by atoms with Crippen LogP contribution in [0.15, 0.2) is 22.7 Å². The number of carbonyl (C=O) groups is 1. The van der Waals surface area contributed by atoms with E-state index in [0.717, 1.165) is 4.47 Å². The summed E-state index contributed by atoms with van der Waals surface area (Å²) in [5.74, 6) is -0.465. The standard InChI is InChI=1S/C11H12BrN3O/c1-7(5-13)6-15-11(16)9-3-2-8(12)4-10(9)14/h2-4,7H,6,14H2,1H3,(H,15,16). The predicted octanol–water partition coefficient (Wildman–Crippen LogP) is 1.92. The summed E-state index contributed by atoms with van der Waals surface area (Å²) >= 11 is 3.26. The first-order chi connectivity index (χ1) is 7.54. The zero-order valence-electron chi connectivity index (χ0n) is 8.83. The van der Waals surface area contributed by atoms with E-state index in [1.807, 2.05) is 6.07 Å².